The molecule has 21 heavy (non-hydrogen) atoms. The van der Waals surface area contributed by atoms with Crippen LogP contribution in [0, 0.1) is 0 Å². The molecule has 0 fully saturated rings. The smallest absolute Gasteiger partial charge is 0.241 e. The summed E-state index contributed by atoms with van der Waals surface area (Å²) in [5.41, 5.74) is 0. The Morgan fingerprint density at radius 2 is 1.62 bits per heavy atom. The molecule has 0 saturated carbocycles. The molecule has 0 atom stereocenters. The van der Waals surface area contributed by atoms with Gasteiger partial charge >= 0.3 is 0 Å². The lowest BCUT2D eigenvalue weighted by molar-refractivity contribution is -0.119. The van der Waals surface area contributed by atoms with E-state index in [1.807, 2.05) is 6.92 Å². The lowest BCUT2D eigenvalue weighted by Gasteiger charge is -2.07. The summed E-state index contributed by atoms with van der Waals surface area (Å²) in [7, 11) is -7.77. The highest BCUT2D eigenvalue weighted by atomic mass is 32.2. The molecule has 118 valence electrons. The maximum Gasteiger partial charge on any atom is 0.241 e. The van der Waals surface area contributed by atoms with Gasteiger partial charge in [-0.1, -0.05) is 6.92 Å². The van der Waals surface area contributed by atoms with Gasteiger partial charge in [0.1, 0.15) is 0 Å². The molecule has 1 aromatic carbocycles. The molecule has 1 amide bonds. The Morgan fingerprint density at radius 1 is 1.10 bits per heavy atom. The van der Waals surface area contributed by atoms with E-state index < -0.39 is 26.0 Å². The first-order chi connectivity index (χ1) is 9.66. The number of nitrogens with two attached hydrogens (primary N) is 1. The fourth-order valence-electron chi connectivity index (χ4n) is 1.38. The molecule has 0 aliphatic rings. The fraction of sp³-hybridized carbons (Fsp3) is 0.364. The van der Waals surface area contributed by atoms with Crippen molar-refractivity contribution in [2.45, 2.75) is 23.1 Å². The fourth-order valence-corrected chi connectivity index (χ4v) is 2.88. The van der Waals surface area contributed by atoms with Crippen LogP contribution in [0.3, 0.4) is 0 Å². The van der Waals surface area contributed by atoms with Crippen molar-refractivity contribution in [1.29, 1.82) is 0 Å². The predicted octanol–water partition coefficient (Wildman–Crippen LogP) is -0.861. The van der Waals surface area contributed by atoms with E-state index in [1.165, 1.54) is 0 Å². The third-order valence-corrected chi connectivity index (χ3v) is 4.80. The molecule has 0 aliphatic carbocycles. The molecule has 0 spiro atoms. The predicted molar refractivity (Wildman–Crippen MR) is 76.3 cm³/mol. The lowest BCUT2D eigenvalue weighted by Crippen LogP contribution is -2.37. The van der Waals surface area contributed by atoms with Gasteiger partial charge in [-0.3, -0.25) is 4.79 Å². The Labute approximate surface area is 123 Å². The minimum absolute atomic E-state index is 0.154. The van der Waals surface area contributed by atoms with Crippen LogP contribution in [0.2, 0.25) is 0 Å². The van der Waals surface area contributed by atoms with Gasteiger partial charge in [-0.15, -0.1) is 0 Å². The van der Waals surface area contributed by atoms with E-state index in [4.69, 9.17) is 5.14 Å². The number of nitrogens with one attached hydrogen (secondary N) is 2. The Kier molecular flexibility index (Phi) is 5.84. The number of primary sulfonamides is 1. The molecule has 0 saturated heterocycles. The summed E-state index contributed by atoms with van der Waals surface area (Å²) in [6.07, 6.45) is 0.744. The third-order valence-electron chi connectivity index (χ3n) is 2.46. The molecular formula is C11H17N3O5S2. The topological polar surface area (TPSA) is 135 Å². The van der Waals surface area contributed by atoms with E-state index >= 15 is 0 Å². The van der Waals surface area contributed by atoms with Gasteiger partial charge in [0, 0.05) is 6.54 Å². The van der Waals surface area contributed by atoms with Crippen LogP contribution >= 0.6 is 0 Å². The van der Waals surface area contributed by atoms with Gasteiger partial charge in [0.15, 0.2) is 0 Å². The van der Waals surface area contributed by atoms with Crippen molar-refractivity contribution < 1.29 is 21.6 Å². The summed E-state index contributed by atoms with van der Waals surface area (Å²) in [6.45, 7) is 1.94. The second kappa shape index (κ2) is 6.98. The first-order valence-electron chi connectivity index (χ1n) is 6.06. The zero-order valence-electron chi connectivity index (χ0n) is 11.4. The van der Waals surface area contributed by atoms with Crippen molar-refractivity contribution in [3.63, 3.8) is 0 Å². The molecule has 1 rings (SSSR count). The first kappa shape index (κ1) is 17.6. The van der Waals surface area contributed by atoms with Crippen LogP contribution in [0.1, 0.15) is 13.3 Å². The first-order valence-corrected chi connectivity index (χ1v) is 9.09. The third kappa shape index (κ3) is 5.42. The molecule has 0 aromatic heterocycles. The van der Waals surface area contributed by atoms with Gasteiger partial charge in [0.2, 0.25) is 26.0 Å². The number of rotatable bonds is 7. The highest BCUT2D eigenvalue weighted by Gasteiger charge is 2.16. The Morgan fingerprint density at radius 3 is 2.10 bits per heavy atom. The normalized spacial score (nSPS) is 12.1. The van der Waals surface area contributed by atoms with E-state index in [-0.39, 0.29) is 16.3 Å². The van der Waals surface area contributed by atoms with Gasteiger partial charge in [-0.25, -0.2) is 26.7 Å². The number of carbonyl (C=O) groups excluding carboxylic acids is 1. The molecule has 10 heteroatoms. The standard InChI is InChI=1S/C11H17N3O5S2/c1-2-7-13-11(15)8-14-21(18,19)10-5-3-9(4-6-10)20(12,16)17/h3-6,14H,2,7-8H2,1H3,(H,13,15)(H2,12,16,17). The second-order valence-electron chi connectivity index (χ2n) is 4.19. The van der Waals surface area contributed by atoms with Crippen LogP contribution in [0.4, 0.5) is 0 Å². The van der Waals surface area contributed by atoms with Crippen molar-refractivity contribution in [2.24, 2.45) is 5.14 Å². The van der Waals surface area contributed by atoms with E-state index in [0.717, 1.165) is 30.7 Å². The van der Waals surface area contributed by atoms with Crippen molar-refractivity contribution >= 4 is 26.0 Å². The van der Waals surface area contributed by atoms with Crippen LogP contribution in [-0.4, -0.2) is 35.8 Å². The van der Waals surface area contributed by atoms with E-state index in [9.17, 15) is 21.6 Å². The Balaban J connectivity index is 2.77. The van der Waals surface area contributed by atoms with Gasteiger partial charge < -0.3 is 5.32 Å². The van der Waals surface area contributed by atoms with Crippen LogP contribution in [0.15, 0.2) is 34.1 Å². The van der Waals surface area contributed by atoms with Crippen LogP contribution in [0.25, 0.3) is 0 Å². The summed E-state index contributed by atoms with van der Waals surface area (Å²) in [5, 5.41) is 7.44. The van der Waals surface area contributed by atoms with E-state index in [0.29, 0.717) is 6.54 Å². The van der Waals surface area contributed by atoms with Gasteiger partial charge in [-0.05, 0) is 30.7 Å². The molecule has 0 bridgehead atoms. The van der Waals surface area contributed by atoms with Crippen LogP contribution in [-0.2, 0) is 24.8 Å². The van der Waals surface area contributed by atoms with E-state index in [1.54, 1.807) is 0 Å². The average Bonchev–Trinajstić information content (AvgIpc) is 2.42. The largest absolute Gasteiger partial charge is 0.355 e. The summed E-state index contributed by atoms with van der Waals surface area (Å²) < 4.78 is 48.1. The maximum absolute atomic E-state index is 11.9. The minimum atomic E-state index is -3.89. The highest BCUT2D eigenvalue weighted by molar-refractivity contribution is 7.89. The van der Waals surface area contributed by atoms with Gasteiger partial charge in [-0.2, -0.15) is 0 Å². The maximum atomic E-state index is 11.9. The zero-order valence-corrected chi connectivity index (χ0v) is 13.0. The zero-order chi connectivity index (χ0) is 16.1. The van der Waals surface area contributed by atoms with Crippen molar-refractivity contribution in [3.05, 3.63) is 24.3 Å². The lowest BCUT2D eigenvalue weighted by atomic mass is 10.4. The van der Waals surface area contributed by atoms with Crippen molar-refractivity contribution in [2.75, 3.05) is 13.1 Å². The molecule has 0 heterocycles. The monoisotopic (exact) mass is 335 g/mol. The summed E-state index contributed by atoms with van der Waals surface area (Å²) in [6, 6.07) is 4.38. The van der Waals surface area contributed by atoms with Crippen molar-refractivity contribution in [1.82, 2.24) is 10.0 Å². The average molecular weight is 335 g/mol. The number of amides is 1. The molecule has 4 N–H and O–H groups in total. The number of hydrogen-bond acceptors (Lipinski definition) is 5. The quantitative estimate of drug-likeness (QED) is 0.596. The van der Waals surface area contributed by atoms with E-state index in [2.05, 4.69) is 10.0 Å². The summed E-state index contributed by atoms with van der Waals surface area (Å²) in [5.74, 6) is -0.443. The molecule has 1 aromatic rings. The Bertz CT molecular complexity index is 696. The molecule has 0 unspecified atom stereocenters. The number of benzene rings is 1. The van der Waals surface area contributed by atoms with Gasteiger partial charge in [0.05, 0.1) is 16.3 Å². The van der Waals surface area contributed by atoms with Gasteiger partial charge in [0.25, 0.3) is 0 Å². The SMILES string of the molecule is CCCNC(=O)CNS(=O)(=O)c1ccc(S(N)(=O)=O)cc1. The number of hydrogen-bond donors (Lipinski definition) is 3. The molecular weight excluding hydrogens is 318 g/mol. The summed E-state index contributed by atoms with van der Waals surface area (Å²) >= 11 is 0. The number of carbonyl (C=O) groups is 1. The van der Waals surface area contributed by atoms with Crippen LogP contribution < -0.4 is 15.2 Å². The minimum Gasteiger partial charge on any atom is -0.355 e. The van der Waals surface area contributed by atoms with Crippen LogP contribution in [0.5, 0.6) is 0 Å². The molecule has 0 aliphatic heterocycles. The Hall–Kier alpha value is -1.49. The molecule has 8 nitrogen and oxygen atoms in total. The molecule has 0 radical (unpaired) electrons. The highest BCUT2D eigenvalue weighted by Crippen LogP contribution is 2.12. The second-order valence-corrected chi connectivity index (χ2v) is 7.52. The summed E-state index contributed by atoms with van der Waals surface area (Å²) in [4.78, 5) is 11.0. The van der Waals surface area contributed by atoms with Crippen molar-refractivity contribution in [3.8, 4) is 0 Å². The number of sulfonamides is 2.